The highest BCUT2D eigenvalue weighted by Crippen LogP contribution is 2.10. The van der Waals surface area contributed by atoms with E-state index in [0.717, 1.165) is 11.3 Å². The molecule has 1 unspecified atom stereocenters. The summed E-state index contributed by atoms with van der Waals surface area (Å²) in [6, 6.07) is 7.49. The van der Waals surface area contributed by atoms with Crippen LogP contribution in [0.25, 0.3) is 0 Å². The van der Waals surface area contributed by atoms with Crippen molar-refractivity contribution < 1.29 is 4.79 Å². The van der Waals surface area contributed by atoms with E-state index >= 15 is 0 Å². The Kier molecular flexibility index (Phi) is 4.87. The lowest BCUT2D eigenvalue weighted by atomic mass is 10.0. The van der Waals surface area contributed by atoms with Gasteiger partial charge in [-0.05, 0) is 36.6 Å². The molecule has 0 fully saturated rings. The molecule has 0 spiro atoms. The van der Waals surface area contributed by atoms with Gasteiger partial charge in [-0.2, -0.15) is 0 Å². The van der Waals surface area contributed by atoms with E-state index in [2.05, 4.69) is 38.7 Å². The largest absolute Gasteiger partial charge is 0.349 e. The zero-order chi connectivity index (χ0) is 12.1. The summed E-state index contributed by atoms with van der Waals surface area (Å²) in [6.07, 6.45) is 0.952. The Morgan fingerprint density at radius 3 is 2.31 bits per heavy atom. The van der Waals surface area contributed by atoms with Crippen LogP contribution in [0.1, 0.15) is 37.6 Å². The van der Waals surface area contributed by atoms with Gasteiger partial charge in [0.15, 0.2) is 0 Å². The molecular weight excluding hydrogens is 218 g/mol. The molecule has 1 aromatic carbocycles. The first-order valence-electron chi connectivity index (χ1n) is 5.64. The Morgan fingerprint density at radius 2 is 1.88 bits per heavy atom. The lowest BCUT2D eigenvalue weighted by Crippen LogP contribution is -2.37. The molecule has 1 amide bonds. The summed E-state index contributed by atoms with van der Waals surface area (Å²) < 4.78 is 0. The highest BCUT2D eigenvalue weighted by molar-refractivity contribution is 7.80. The van der Waals surface area contributed by atoms with E-state index in [1.165, 1.54) is 0 Å². The van der Waals surface area contributed by atoms with Gasteiger partial charge >= 0.3 is 0 Å². The molecule has 0 bridgehead atoms. The second kappa shape index (κ2) is 5.94. The molecule has 0 aliphatic carbocycles. The van der Waals surface area contributed by atoms with E-state index in [9.17, 15) is 4.79 Å². The second-order valence-electron chi connectivity index (χ2n) is 4.28. The number of carbonyl (C=O) groups excluding carboxylic acids is 1. The Balaban J connectivity index is 2.68. The summed E-state index contributed by atoms with van der Waals surface area (Å²) in [4.78, 5) is 12.8. The number of hydrogen-bond donors (Lipinski definition) is 2. The van der Waals surface area contributed by atoms with E-state index in [1.807, 2.05) is 12.1 Å². The topological polar surface area (TPSA) is 29.1 Å². The normalized spacial score (nSPS) is 12.6. The zero-order valence-corrected chi connectivity index (χ0v) is 10.9. The lowest BCUT2D eigenvalue weighted by Gasteiger charge is -2.20. The number of amides is 1. The van der Waals surface area contributed by atoms with E-state index in [-0.39, 0.29) is 11.9 Å². The quantitative estimate of drug-likeness (QED) is 0.774. The number of benzene rings is 1. The minimum Gasteiger partial charge on any atom is -0.349 e. The maximum absolute atomic E-state index is 11.9. The molecular formula is C13H19NOS. The van der Waals surface area contributed by atoms with Crippen molar-refractivity contribution in [1.82, 2.24) is 5.32 Å². The summed E-state index contributed by atoms with van der Waals surface area (Å²) in [5, 5.41) is 3.04. The highest BCUT2D eigenvalue weighted by Gasteiger charge is 2.14. The van der Waals surface area contributed by atoms with Crippen molar-refractivity contribution >= 4 is 18.5 Å². The maximum Gasteiger partial charge on any atom is 0.251 e. The molecule has 1 atom stereocenters. The van der Waals surface area contributed by atoms with Gasteiger partial charge in [0.25, 0.3) is 5.91 Å². The lowest BCUT2D eigenvalue weighted by molar-refractivity contribution is 0.0924. The molecule has 1 rings (SSSR count). The summed E-state index contributed by atoms with van der Waals surface area (Å²) in [5.41, 5.74) is 0.692. The molecule has 0 aliphatic heterocycles. The van der Waals surface area contributed by atoms with Gasteiger partial charge in [0, 0.05) is 16.5 Å². The van der Waals surface area contributed by atoms with Crippen molar-refractivity contribution in [2.24, 2.45) is 5.92 Å². The molecule has 0 aromatic heterocycles. The van der Waals surface area contributed by atoms with Crippen LogP contribution in [0.2, 0.25) is 0 Å². The van der Waals surface area contributed by atoms with Gasteiger partial charge in [0.2, 0.25) is 0 Å². The highest BCUT2D eigenvalue weighted by atomic mass is 32.1. The summed E-state index contributed by atoms with van der Waals surface area (Å²) in [7, 11) is 0. The molecule has 0 saturated heterocycles. The maximum atomic E-state index is 11.9. The van der Waals surface area contributed by atoms with Crippen molar-refractivity contribution in [1.29, 1.82) is 0 Å². The smallest absolute Gasteiger partial charge is 0.251 e. The molecule has 0 heterocycles. The number of thiol groups is 1. The van der Waals surface area contributed by atoms with Crippen molar-refractivity contribution in [3.63, 3.8) is 0 Å². The molecule has 3 heteroatoms. The summed E-state index contributed by atoms with van der Waals surface area (Å²) >= 11 is 4.19. The average Bonchev–Trinajstić information content (AvgIpc) is 2.26. The van der Waals surface area contributed by atoms with Crippen LogP contribution >= 0.6 is 12.6 Å². The van der Waals surface area contributed by atoms with Gasteiger partial charge < -0.3 is 5.32 Å². The van der Waals surface area contributed by atoms with Crippen LogP contribution in [0, 0.1) is 5.92 Å². The van der Waals surface area contributed by atoms with Crippen LogP contribution in [-0.4, -0.2) is 11.9 Å². The fourth-order valence-electron chi connectivity index (χ4n) is 1.60. The van der Waals surface area contributed by atoms with Crippen LogP contribution in [0.15, 0.2) is 29.2 Å². The van der Waals surface area contributed by atoms with E-state index in [4.69, 9.17) is 0 Å². The van der Waals surface area contributed by atoms with Crippen molar-refractivity contribution in [3.8, 4) is 0 Å². The van der Waals surface area contributed by atoms with Crippen molar-refractivity contribution in [3.05, 3.63) is 29.8 Å². The first kappa shape index (κ1) is 13.1. The Morgan fingerprint density at radius 1 is 1.31 bits per heavy atom. The minimum absolute atomic E-state index is 0.00566. The molecule has 0 radical (unpaired) electrons. The van der Waals surface area contributed by atoms with Gasteiger partial charge in [-0.25, -0.2) is 0 Å². The molecule has 1 N–H and O–H groups in total. The first-order chi connectivity index (χ1) is 7.54. The summed E-state index contributed by atoms with van der Waals surface area (Å²) in [6.45, 7) is 6.32. The predicted molar refractivity (Wildman–Crippen MR) is 70.1 cm³/mol. The van der Waals surface area contributed by atoms with Crippen LogP contribution in [-0.2, 0) is 0 Å². The molecule has 1 aromatic rings. The Bertz CT molecular complexity index is 345. The first-order valence-corrected chi connectivity index (χ1v) is 6.09. The Hall–Kier alpha value is -0.960. The fraction of sp³-hybridized carbons (Fsp3) is 0.462. The fourth-order valence-corrected chi connectivity index (χ4v) is 1.75. The molecule has 88 valence electrons. The number of carbonyl (C=O) groups is 1. The van der Waals surface area contributed by atoms with Crippen LogP contribution < -0.4 is 5.32 Å². The molecule has 2 nitrogen and oxygen atoms in total. The number of nitrogens with one attached hydrogen (secondary N) is 1. The van der Waals surface area contributed by atoms with Crippen LogP contribution in [0.3, 0.4) is 0 Å². The third kappa shape index (κ3) is 3.56. The van der Waals surface area contributed by atoms with Crippen molar-refractivity contribution in [2.45, 2.75) is 38.1 Å². The van der Waals surface area contributed by atoms with E-state index < -0.39 is 0 Å². The second-order valence-corrected chi connectivity index (χ2v) is 4.80. The van der Waals surface area contributed by atoms with Crippen molar-refractivity contribution in [2.75, 3.05) is 0 Å². The van der Waals surface area contributed by atoms with Gasteiger partial charge in [0.1, 0.15) is 0 Å². The van der Waals surface area contributed by atoms with Gasteiger partial charge in [-0.3, -0.25) is 4.79 Å². The van der Waals surface area contributed by atoms with Crippen LogP contribution in [0.4, 0.5) is 0 Å². The van der Waals surface area contributed by atoms with Gasteiger partial charge in [-0.1, -0.05) is 20.8 Å². The zero-order valence-electron chi connectivity index (χ0n) is 10.0. The third-order valence-corrected chi connectivity index (χ3v) is 2.99. The SMILES string of the molecule is CCC(NC(=O)c1ccc(S)cc1)C(C)C. The summed E-state index contributed by atoms with van der Waals surface area (Å²) in [5.74, 6) is 0.451. The third-order valence-electron chi connectivity index (χ3n) is 2.69. The molecule has 0 aliphatic rings. The van der Waals surface area contributed by atoms with Crippen LogP contribution in [0.5, 0.6) is 0 Å². The monoisotopic (exact) mass is 237 g/mol. The van der Waals surface area contributed by atoms with Gasteiger partial charge in [-0.15, -0.1) is 12.6 Å². The number of hydrogen-bond acceptors (Lipinski definition) is 2. The average molecular weight is 237 g/mol. The molecule has 0 saturated carbocycles. The predicted octanol–water partition coefficient (Wildman–Crippen LogP) is 3.14. The number of rotatable bonds is 4. The standard InChI is InChI=1S/C13H19NOS/c1-4-12(9(2)3)14-13(15)10-5-7-11(16)8-6-10/h5-9,12,16H,4H2,1-3H3,(H,14,15). The molecule has 16 heavy (non-hydrogen) atoms. The van der Waals surface area contributed by atoms with Gasteiger partial charge in [0.05, 0.1) is 0 Å². The Labute approximate surface area is 103 Å². The van der Waals surface area contributed by atoms with E-state index in [0.29, 0.717) is 11.5 Å². The van der Waals surface area contributed by atoms with E-state index in [1.54, 1.807) is 12.1 Å². The minimum atomic E-state index is -0.00566.